The first kappa shape index (κ1) is 17.4. The van der Waals surface area contributed by atoms with Gasteiger partial charge in [-0.05, 0) is 25.0 Å². The summed E-state index contributed by atoms with van der Waals surface area (Å²) in [5.74, 6) is -0.226. The number of benzene rings is 1. The van der Waals surface area contributed by atoms with Gasteiger partial charge in [-0.1, -0.05) is 12.1 Å². The van der Waals surface area contributed by atoms with E-state index in [0.717, 1.165) is 12.0 Å². The summed E-state index contributed by atoms with van der Waals surface area (Å²) in [6.07, 6.45) is 0.851. The molecule has 0 fully saturated rings. The van der Waals surface area contributed by atoms with E-state index < -0.39 is 0 Å². The number of nitrogens with two attached hydrogens (primary N) is 1. The van der Waals surface area contributed by atoms with Crippen LogP contribution in [0.5, 0.6) is 0 Å². The number of ether oxygens (including phenoxy) is 3. The molecule has 3 N–H and O–H groups in total. The van der Waals surface area contributed by atoms with Gasteiger partial charge < -0.3 is 25.3 Å². The first-order chi connectivity index (χ1) is 10.1. The number of nitrogens with one attached hydrogen (secondary N) is 1. The predicted octanol–water partition coefficient (Wildman–Crippen LogP) is 1.59. The second-order valence-corrected chi connectivity index (χ2v) is 4.60. The molecule has 1 aromatic rings. The van der Waals surface area contributed by atoms with Gasteiger partial charge in [-0.3, -0.25) is 4.79 Å². The van der Waals surface area contributed by atoms with Crippen molar-refractivity contribution in [2.24, 2.45) is 0 Å². The summed E-state index contributed by atoms with van der Waals surface area (Å²) in [5.41, 5.74) is 7.93. The van der Waals surface area contributed by atoms with E-state index in [4.69, 9.17) is 19.9 Å². The zero-order chi connectivity index (χ0) is 15.5. The molecule has 21 heavy (non-hydrogen) atoms. The molecular weight excluding hydrogens is 272 g/mol. The lowest BCUT2D eigenvalue weighted by Gasteiger charge is -2.11. The third-order valence-corrected chi connectivity index (χ3v) is 2.81. The molecule has 0 aliphatic rings. The minimum Gasteiger partial charge on any atom is -0.397 e. The Hall–Kier alpha value is -1.63. The number of hydrogen-bond acceptors (Lipinski definition) is 5. The van der Waals surface area contributed by atoms with E-state index in [2.05, 4.69) is 5.32 Å². The minimum absolute atomic E-state index is 0.0186. The lowest BCUT2D eigenvalue weighted by molar-refractivity contribution is -0.121. The van der Waals surface area contributed by atoms with E-state index in [1.165, 1.54) is 0 Å². The normalized spacial score (nSPS) is 10.6. The van der Waals surface area contributed by atoms with Crippen LogP contribution in [0.4, 0.5) is 11.4 Å². The van der Waals surface area contributed by atoms with Gasteiger partial charge in [0.05, 0.1) is 24.6 Å². The van der Waals surface area contributed by atoms with Gasteiger partial charge in [0.25, 0.3) is 0 Å². The summed E-state index contributed by atoms with van der Waals surface area (Å²) in [4.78, 5) is 11.7. The molecule has 1 aromatic carbocycles. The van der Waals surface area contributed by atoms with Crippen LogP contribution in [0, 0.1) is 6.92 Å². The molecule has 0 saturated heterocycles. The Bertz CT molecular complexity index is 417. The summed E-state index contributed by atoms with van der Waals surface area (Å²) >= 11 is 0. The molecule has 0 aliphatic heterocycles. The highest BCUT2D eigenvalue weighted by Gasteiger charge is 2.07. The van der Waals surface area contributed by atoms with E-state index in [1.54, 1.807) is 13.2 Å². The number of rotatable bonds is 10. The molecule has 0 aliphatic carbocycles. The zero-order valence-corrected chi connectivity index (χ0v) is 12.7. The van der Waals surface area contributed by atoms with Gasteiger partial charge in [-0.2, -0.15) is 0 Å². The highest BCUT2D eigenvalue weighted by molar-refractivity contribution is 5.95. The van der Waals surface area contributed by atoms with Crippen molar-refractivity contribution in [3.05, 3.63) is 23.8 Å². The first-order valence-electron chi connectivity index (χ1n) is 6.94. The SMILES string of the molecule is COCCCOCCOCC(=O)Nc1c(C)cccc1N. The molecule has 1 amide bonds. The molecular formula is C15H24N2O4. The van der Waals surface area contributed by atoms with Crippen molar-refractivity contribution in [1.82, 2.24) is 0 Å². The van der Waals surface area contributed by atoms with Gasteiger partial charge in [-0.25, -0.2) is 0 Å². The van der Waals surface area contributed by atoms with E-state index in [1.807, 2.05) is 19.1 Å². The van der Waals surface area contributed by atoms with Gasteiger partial charge in [0.15, 0.2) is 0 Å². The van der Waals surface area contributed by atoms with Crippen LogP contribution in [0.3, 0.4) is 0 Å². The molecule has 0 radical (unpaired) electrons. The largest absolute Gasteiger partial charge is 0.397 e. The highest BCUT2D eigenvalue weighted by atomic mass is 16.5. The van der Waals surface area contributed by atoms with Crippen LogP contribution in [0.15, 0.2) is 18.2 Å². The lowest BCUT2D eigenvalue weighted by atomic mass is 10.1. The van der Waals surface area contributed by atoms with E-state index in [-0.39, 0.29) is 12.5 Å². The number of hydrogen-bond donors (Lipinski definition) is 2. The molecule has 0 atom stereocenters. The van der Waals surface area contributed by atoms with Crippen LogP contribution in [-0.2, 0) is 19.0 Å². The standard InChI is InChI=1S/C15H24N2O4/c1-12-5-3-6-13(16)15(12)17-14(18)11-21-10-9-20-8-4-7-19-2/h3,5-6H,4,7-11,16H2,1-2H3,(H,17,18). The van der Waals surface area contributed by atoms with Crippen LogP contribution in [-0.4, -0.2) is 46.1 Å². The average Bonchev–Trinajstić information content (AvgIpc) is 2.46. The fourth-order valence-corrected chi connectivity index (χ4v) is 1.73. The third-order valence-electron chi connectivity index (χ3n) is 2.81. The second-order valence-electron chi connectivity index (χ2n) is 4.60. The van der Waals surface area contributed by atoms with Gasteiger partial charge >= 0.3 is 0 Å². The molecule has 6 heteroatoms. The molecule has 118 valence electrons. The van der Waals surface area contributed by atoms with Crippen LogP contribution >= 0.6 is 0 Å². The summed E-state index contributed by atoms with van der Waals surface area (Å²) in [6.45, 7) is 4.02. The number of carbonyl (C=O) groups is 1. The molecule has 1 rings (SSSR count). The van der Waals surface area contributed by atoms with Gasteiger partial charge in [0.1, 0.15) is 6.61 Å². The van der Waals surface area contributed by atoms with Crippen molar-refractivity contribution in [2.75, 3.05) is 51.2 Å². The lowest BCUT2D eigenvalue weighted by Crippen LogP contribution is -2.21. The Morgan fingerprint density at radius 1 is 1.19 bits per heavy atom. The van der Waals surface area contributed by atoms with Gasteiger partial charge in [-0.15, -0.1) is 0 Å². The maximum Gasteiger partial charge on any atom is 0.250 e. The van der Waals surface area contributed by atoms with Crippen LogP contribution in [0.2, 0.25) is 0 Å². The van der Waals surface area contributed by atoms with E-state index >= 15 is 0 Å². The molecule has 0 heterocycles. The van der Waals surface area contributed by atoms with Crippen molar-refractivity contribution >= 4 is 17.3 Å². The highest BCUT2D eigenvalue weighted by Crippen LogP contribution is 2.22. The third kappa shape index (κ3) is 7.08. The number of amides is 1. The van der Waals surface area contributed by atoms with Gasteiger partial charge in [0, 0.05) is 20.3 Å². The summed E-state index contributed by atoms with van der Waals surface area (Å²) in [5, 5.41) is 2.75. The van der Waals surface area contributed by atoms with Crippen molar-refractivity contribution < 1.29 is 19.0 Å². The van der Waals surface area contributed by atoms with Crippen molar-refractivity contribution in [3.8, 4) is 0 Å². The van der Waals surface area contributed by atoms with Crippen LogP contribution in [0.1, 0.15) is 12.0 Å². The molecule has 0 saturated carbocycles. The quantitative estimate of drug-likeness (QED) is 0.506. The van der Waals surface area contributed by atoms with Crippen molar-refractivity contribution in [1.29, 1.82) is 0 Å². The van der Waals surface area contributed by atoms with Crippen molar-refractivity contribution in [2.45, 2.75) is 13.3 Å². The maximum absolute atomic E-state index is 11.7. The minimum atomic E-state index is -0.226. The Morgan fingerprint density at radius 3 is 2.67 bits per heavy atom. The van der Waals surface area contributed by atoms with Crippen molar-refractivity contribution in [3.63, 3.8) is 0 Å². The average molecular weight is 296 g/mol. The Labute approximate surface area is 125 Å². The molecule has 0 unspecified atom stereocenters. The fraction of sp³-hybridized carbons (Fsp3) is 0.533. The number of anilines is 2. The molecule has 0 spiro atoms. The smallest absolute Gasteiger partial charge is 0.250 e. The fourth-order valence-electron chi connectivity index (χ4n) is 1.73. The summed E-state index contributed by atoms with van der Waals surface area (Å²) in [7, 11) is 1.66. The Kier molecular flexibility index (Phi) is 8.42. The summed E-state index contributed by atoms with van der Waals surface area (Å²) < 4.78 is 15.5. The number of methoxy groups -OCH3 is 1. The topological polar surface area (TPSA) is 82.8 Å². The monoisotopic (exact) mass is 296 g/mol. The van der Waals surface area contributed by atoms with Gasteiger partial charge in [0.2, 0.25) is 5.91 Å². The Balaban J connectivity index is 2.14. The number of aryl methyl sites for hydroxylation is 1. The maximum atomic E-state index is 11.7. The molecule has 6 nitrogen and oxygen atoms in total. The zero-order valence-electron chi connectivity index (χ0n) is 12.7. The number of nitrogen functional groups attached to an aromatic ring is 1. The second kappa shape index (κ2) is 10.1. The number of para-hydroxylation sites is 1. The van der Waals surface area contributed by atoms with Crippen LogP contribution < -0.4 is 11.1 Å². The first-order valence-corrected chi connectivity index (χ1v) is 6.94. The van der Waals surface area contributed by atoms with E-state index in [9.17, 15) is 4.79 Å². The van der Waals surface area contributed by atoms with E-state index in [0.29, 0.717) is 37.8 Å². The molecule has 0 bridgehead atoms. The predicted molar refractivity (Wildman–Crippen MR) is 82.4 cm³/mol. The van der Waals surface area contributed by atoms with Crippen LogP contribution in [0.25, 0.3) is 0 Å². The summed E-state index contributed by atoms with van der Waals surface area (Å²) in [6, 6.07) is 5.48. The Morgan fingerprint density at radius 2 is 1.95 bits per heavy atom. The molecule has 0 aromatic heterocycles. The number of carbonyl (C=O) groups excluding carboxylic acids is 1.